The van der Waals surface area contributed by atoms with E-state index in [1.54, 1.807) is 28.6 Å². The Morgan fingerprint density at radius 1 is 1.12 bits per heavy atom. The summed E-state index contributed by atoms with van der Waals surface area (Å²) in [6, 6.07) is 6.65. The van der Waals surface area contributed by atoms with Crippen LogP contribution in [0.5, 0.6) is 0 Å². The van der Waals surface area contributed by atoms with Gasteiger partial charge in [0.25, 0.3) is 0 Å². The average molecular weight is 380 g/mol. The Morgan fingerprint density at radius 3 is 2.46 bits per heavy atom. The number of anilines is 1. The van der Waals surface area contributed by atoms with Crippen molar-refractivity contribution in [3.05, 3.63) is 24.3 Å². The second-order valence-corrected chi connectivity index (χ2v) is 9.13. The molecule has 0 unspecified atom stereocenters. The fraction of sp³-hybridized carbons (Fsp3) is 0.632. The molecular formula is C19H29N3O3S. The minimum absolute atomic E-state index is 0.0100. The van der Waals surface area contributed by atoms with Gasteiger partial charge < -0.3 is 10.2 Å². The first-order valence-corrected chi connectivity index (χ1v) is 11.1. The summed E-state index contributed by atoms with van der Waals surface area (Å²) in [6.45, 7) is 5.56. The summed E-state index contributed by atoms with van der Waals surface area (Å²) in [4.78, 5) is 14.9. The number of sulfonamides is 1. The predicted molar refractivity (Wildman–Crippen MR) is 103 cm³/mol. The average Bonchev–Trinajstić information content (AvgIpc) is 2.69. The lowest BCUT2D eigenvalue weighted by atomic mass is 9.88. The molecule has 0 spiro atoms. The van der Waals surface area contributed by atoms with Crippen LogP contribution in [0.3, 0.4) is 0 Å². The van der Waals surface area contributed by atoms with Crippen LogP contribution in [0.2, 0.25) is 0 Å². The van der Waals surface area contributed by atoms with E-state index >= 15 is 0 Å². The number of rotatable bonds is 5. The Morgan fingerprint density at radius 2 is 1.81 bits per heavy atom. The number of piperazine rings is 1. The van der Waals surface area contributed by atoms with Crippen LogP contribution in [0.4, 0.5) is 5.69 Å². The van der Waals surface area contributed by atoms with Crippen molar-refractivity contribution >= 4 is 21.6 Å². The van der Waals surface area contributed by atoms with Crippen LogP contribution in [0, 0.1) is 5.92 Å². The van der Waals surface area contributed by atoms with Gasteiger partial charge in [0.1, 0.15) is 0 Å². The molecule has 1 saturated heterocycles. The molecule has 0 bridgehead atoms. The minimum atomic E-state index is -3.52. The third kappa shape index (κ3) is 4.45. The monoisotopic (exact) mass is 379 g/mol. The third-order valence-corrected chi connectivity index (χ3v) is 7.39. The van der Waals surface area contributed by atoms with Gasteiger partial charge >= 0.3 is 0 Å². The topological polar surface area (TPSA) is 69.7 Å². The number of hydrogen-bond acceptors (Lipinski definition) is 4. The van der Waals surface area contributed by atoms with Gasteiger partial charge in [-0.25, -0.2) is 8.42 Å². The molecule has 3 rings (SSSR count). The van der Waals surface area contributed by atoms with Crippen molar-refractivity contribution in [2.45, 2.75) is 43.9 Å². The highest BCUT2D eigenvalue weighted by Crippen LogP contribution is 2.26. The molecule has 1 N–H and O–H groups in total. The summed E-state index contributed by atoms with van der Waals surface area (Å²) in [6.07, 6.45) is 5.23. The zero-order valence-corrected chi connectivity index (χ0v) is 16.3. The molecule has 1 amide bonds. The van der Waals surface area contributed by atoms with Gasteiger partial charge in [-0.15, -0.1) is 0 Å². The summed E-state index contributed by atoms with van der Waals surface area (Å²) < 4.78 is 27.4. The van der Waals surface area contributed by atoms with Crippen molar-refractivity contribution in [2.24, 2.45) is 5.92 Å². The fourth-order valence-electron chi connectivity index (χ4n) is 3.78. The first kappa shape index (κ1) is 19.3. The lowest BCUT2D eigenvalue weighted by Gasteiger charge is -2.33. The van der Waals surface area contributed by atoms with E-state index in [0.717, 1.165) is 45.3 Å². The maximum Gasteiger partial charge on any atom is 0.243 e. The molecule has 1 aromatic carbocycles. The van der Waals surface area contributed by atoms with Gasteiger partial charge in [-0.05, 0) is 37.6 Å². The van der Waals surface area contributed by atoms with E-state index < -0.39 is 10.0 Å². The molecular weight excluding hydrogens is 350 g/mol. The molecule has 1 heterocycles. The highest BCUT2D eigenvalue weighted by molar-refractivity contribution is 7.89. The molecule has 1 aromatic rings. The van der Waals surface area contributed by atoms with E-state index in [1.807, 2.05) is 0 Å². The number of hydrogen-bond donors (Lipinski definition) is 1. The maximum absolute atomic E-state index is 12.9. The first-order chi connectivity index (χ1) is 12.5. The number of benzene rings is 1. The lowest BCUT2D eigenvalue weighted by molar-refractivity contribution is -0.120. The Labute approximate surface area is 156 Å². The van der Waals surface area contributed by atoms with Crippen LogP contribution >= 0.6 is 0 Å². The SMILES string of the molecule is CCN1CCN(S(=O)(=O)c2cccc(NC(=O)C3CCCCC3)c2)CC1. The highest BCUT2D eigenvalue weighted by Gasteiger charge is 2.28. The summed E-state index contributed by atoms with van der Waals surface area (Å²) in [5.74, 6) is 0.0574. The van der Waals surface area contributed by atoms with Gasteiger partial charge in [0.05, 0.1) is 4.90 Å². The standard InChI is InChI=1S/C19H29N3O3S/c1-2-21-11-13-22(14-12-21)26(24,25)18-10-6-9-17(15-18)20-19(23)16-7-4-3-5-8-16/h6,9-10,15-16H,2-5,7-8,11-14H2,1H3,(H,20,23). The normalized spacial score (nSPS) is 20.8. The van der Waals surface area contributed by atoms with Gasteiger partial charge in [-0.2, -0.15) is 4.31 Å². The number of carbonyl (C=O) groups excluding carboxylic acids is 1. The molecule has 1 saturated carbocycles. The summed E-state index contributed by atoms with van der Waals surface area (Å²) in [5, 5.41) is 2.91. The number of nitrogens with zero attached hydrogens (tertiary/aromatic N) is 2. The van der Waals surface area contributed by atoms with Crippen LogP contribution in [-0.4, -0.2) is 56.3 Å². The molecule has 0 radical (unpaired) electrons. The number of amides is 1. The molecule has 144 valence electrons. The van der Waals surface area contributed by atoms with Crippen molar-refractivity contribution in [3.8, 4) is 0 Å². The predicted octanol–water partition coefficient (Wildman–Crippen LogP) is 2.53. The molecule has 26 heavy (non-hydrogen) atoms. The summed E-state index contributed by atoms with van der Waals surface area (Å²) in [5.41, 5.74) is 0.564. The second kappa shape index (κ2) is 8.50. The molecule has 0 aromatic heterocycles. The van der Waals surface area contributed by atoms with Crippen molar-refractivity contribution in [2.75, 3.05) is 38.0 Å². The van der Waals surface area contributed by atoms with Gasteiger partial charge in [0, 0.05) is 37.8 Å². The minimum Gasteiger partial charge on any atom is -0.326 e. The molecule has 2 aliphatic rings. The van der Waals surface area contributed by atoms with Gasteiger partial charge in [0.15, 0.2) is 0 Å². The van der Waals surface area contributed by atoms with Crippen molar-refractivity contribution in [1.29, 1.82) is 0 Å². The van der Waals surface area contributed by atoms with E-state index in [-0.39, 0.29) is 16.7 Å². The van der Waals surface area contributed by atoms with Crippen molar-refractivity contribution in [1.82, 2.24) is 9.21 Å². The number of nitrogens with one attached hydrogen (secondary N) is 1. The third-order valence-electron chi connectivity index (χ3n) is 5.49. The van der Waals surface area contributed by atoms with Gasteiger partial charge in [-0.3, -0.25) is 4.79 Å². The molecule has 1 aliphatic carbocycles. The van der Waals surface area contributed by atoms with Gasteiger partial charge in [-0.1, -0.05) is 32.3 Å². The Hall–Kier alpha value is -1.44. The maximum atomic E-state index is 12.9. The highest BCUT2D eigenvalue weighted by atomic mass is 32.2. The van der Waals surface area contributed by atoms with E-state index in [1.165, 1.54) is 6.42 Å². The molecule has 2 fully saturated rings. The molecule has 1 aliphatic heterocycles. The van der Waals surface area contributed by atoms with E-state index in [2.05, 4.69) is 17.1 Å². The largest absolute Gasteiger partial charge is 0.326 e. The van der Waals surface area contributed by atoms with E-state index in [4.69, 9.17) is 0 Å². The summed E-state index contributed by atoms with van der Waals surface area (Å²) >= 11 is 0. The number of carbonyl (C=O) groups is 1. The van der Waals surface area contributed by atoms with Crippen LogP contribution in [0.15, 0.2) is 29.2 Å². The fourth-order valence-corrected chi connectivity index (χ4v) is 5.25. The zero-order valence-electron chi connectivity index (χ0n) is 15.5. The molecule has 6 nitrogen and oxygen atoms in total. The van der Waals surface area contributed by atoms with Crippen molar-refractivity contribution < 1.29 is 13.2 Å². The van der Waals surface area contributed by atoms with Crippen LogP contribution in [0.1, 0.15) is 39.0 Å². The van der Waals surface area contributed by atoms with E-state index in [0.29, 0.717) is 18.8 Å². The zero-order chi connectivity index (χ0) is 18.6. The summed E-state index contributed by atoms with van der Waals surface area (Å²) in [7, 11) is -3.52. The molecule has 7 heteroatoms. The second-order valence-electron chi connectivity index (χ2n) is 7.19. The Bertz CT molecular complexity index is 721. The van der Waals surface area contributed by atoms with Crippen LogP contribution < -0.4 is 5.32 Å². The Kier molecular flexibility index (Phi) is 6.32. The quantitative estimate of drug-likeness (QED) is 0.853. The molecule has 0 atom stereocenters. The van der Waals surface area contributed by atoms with Crippen LogP contribution in [0.25, 0.3) is 0 Å². The van der Waals surface area contributed by atoms with Crippen molar-refractivity contribution in [3.63, 3.8) is 0 Å². The smallest absolute Gasteiger partial charge is 0.243 e. The van der Waals surface area contributed by atoms with Gasteiger partial charge in [0.2, 0.25) is 15.9 Å². The van der Waals surface area contributed by atoms with E-state index in [9.17, 15) is 13.2 Å². The first-order valence-electron chi connectivity index (χ1n) is 9.64. The Balaban J connectivity index is 1.69. The number of likely N-dealkylation sites (N-methyl/N-ethyl adjacent to an activating group) is 1. The van der Waals surface area contributed by atoms with Crippen LogP contribution in [-0.2, 0) is 14.8 Å². The lowest BCUT2D eigenvalue weighted by Crippen LogP contribution is -2.48.